The van der Waals surface area contributed by atoms with E-state index in [9.17, 15) is 13.2 Å². The number of hydrogen-bond donors (Lipinski definition) is 2. The van der Waals surface area contributed by atoms with Crippen LogP contribution in [0.3, 0.4) is 0 Å². The minimum Gasteiger partial charge on any atom is -0.440 e. The Balaban J connectivity index is 2.67. The maximum atomic E-state index is 12.5. The Labute approximate surface area is 133 Å². The van der Waals surface area contributed by atoms with Crippen LogP contribution in [0.5, 0.6) is 5.75 Å². The van der Waals surface area contributed by atoms with Crippen molar-refractivity contribution in [3.05, 3.63) is 41.8 Å². The van der Waals surface area contributed by atoms with Gasteiger partial charge < -0.3 is 15.2 Å². The average molecular weight is 334 g/mol. The van der Waals surface area contributed by atoms with Crippen LogP contribution < -0.4 is 16.0 Å². The number of rotatable bonds is 10. The van der Waals surface area contributed by atoms with Crippen LogP contribution in [-0.4, -0.2) is 26.9 Å². The van der Waals surface area contributed by atoms with E-state index in [1.54, 1.807) is 13.2 Å². The smallest absolute Gasteiger partial charge is 0.416 e. The summed E-state index contributed by atoms with van der Waals surface area (Å²) in [6.07, 6.45) is -1.22. The lowest BCUT2D eigenvalue weighted by Gasteiger charge is -2.13. The van der Waals surface area contributed by atoms with Crippen molar-refractivity contribution in [1.29, 1.82) is 0 Å². The Morgan fingerprint density at radius 1 is 1.22 bits per heavy atom. The first-order valence-corrected chi connectivity index (χ1v) is 7.09. The molecule has 1 aromatic rings. The predicted molar refractivity (Wildman–Crippen MR) is 79.4 cm³/mol. The molecule has 0 unspecified atom stereocenters. The van der Waals surface area contributed by atoms with Crippen LogP contribution in [0.1, 0.15) is 18.4 Å². The fourth-order valence-corrected chi connectivity index (χ4v) is 1.59. The van der Waals surface area contributed by atoms with E-state index in [1.165, 1.54) is 12.1 Å². The number of nitrogens with two attached hydrogens (primary N) is 1. The van der Waals surface area contributed by atoms with Gasteiger partial charge in [-0.1, -0.05) is 0 Å². The number of hydroxylamine groups is 1. The van der Waals surface area contributed by atoms with Crippen LogP contribution >= 0.6 is 0 Å². The quantitative estimate of drug-likeness (QED) is 0.391. The highest BCUT2D eigenvalue weighted by atomic mass is 19.4. The zero-order chi connectivity index (χ0) is 17.1. The maximum absolute atomic E-state index is 12.5. The molecular formula is C15H21F3N2O3. The molecule has 0 saturated heterocycles. The number of halogens is 3. The van der Waals surface area contributed by atoms with E-state index >= 15 is 0 Å². The molecule has 23 heavy (non-hydrogen) atoms. The molecule has 0 radical (unpaired) electrons. The number of benzene rings is 1. The first kappa shape index (κ1) is 19.3. The molecule has 0 spiro atoms. The normalized spacial score (nSPS) is 12.3. The highest BCUT2D eigenvalue weighted by molar-refractivity contribution is 5.29. The first-order chi connectivity index (χ1) is 11.0. The van der Waals surface area contributed by atoms with E-state index in [0.717, 1.165) is 18.6 Å². The van der Waals surface area contributed by atoms with E-state index < -0.39 is 11.7 Å². The Morgan fingerprint density at radius 2 is 1.91 bits per heavy atom. The molecule has 1 rings (SSSR count). The Kier molecular flexibility index (Phi) is 8.46. The fraction of sp³-hybridized carbons (Fsp3) is 0.467. The maximum Gasteiger partial charge on any atom is 0.416 e. The summed E-state index contributed by atoms with van der Waals surface area (Å²) in [5.41, 5.74) is 7.17. The summed E-state index contributed by atoms with van der Waals surface area (Å²) in [5, 5.41) is 0. The number of allylic oxidation sites excluding steroid dienone is 1. The van der Waals surface area contributed by atoms with Crippen LogP contribution in [0.4, 0.5) is 13.2 Å². The largest absolute Gasteiger partial charge is 0.440 e. The lowest BCUT2D eigenvalue weighted by atomic mass is 10.2. The number of ether oxygens (including phenoxy) is 2. The highest BCUT2D eigenvalue weighted by Crippen LogP contribution is 2.30. The standard InChI is InChI=1S/C15H21F3N2O3/c1-21-10-3-2-4-14(20-22-11-9-19)23-13-7-5-12(6-8-13)15(16,17)18/h4-8,20H,2-3,9-11,19H2,1H3. The number of methoxy groups -OCH3 is 1. The molecule has 1 aromatic carbocycles. The molecule has 0 atom stereocenters. The summed E-state index contributed by atoms with van der Waals surface area (Å²) in [6.45, 7) is 1.18. The lowest BCUT2D eigenvalue weighted by Crippen LogP contribution is -2.22. The second-order valence-corrected chi connectivity index (χ2v) is 4.57. The molecule has 130 valence electrons. The van der Waals surface area contributed by atoms with E-state index in [0.29, 0.717) is 19.6 Å². The predicted octanol–water partition coefficient (Wildman–Crippen LogP) is 2.83. The van der Waals surface area contributed by atoms with E-state index in [-0.39, 0.29) is 18.2 Å². The SMILES string of the molecule is COCCCC=C(NOCCN)Oc1ccc(C(F)(F)F)cc1. The van der Waals surface area contributed by atoms with Crippen LogP contribution in [0.15, 0.2) is 36.2 Å². The molecule has 0 aliphatic carbocycles. The second-order valence-electron chi connectivity index (χ2n) is 4.57. The van der Waals surface area contributed by atoms with Gasteiger partial charge in [-0.2, -0.15) is 13.2 Å². The molecule has 3 N–H and O–H groups in total. The van der Waals surface area contributed by atoms with Gasteiger partial charge in [0.1, 0.15) is 5.75 Å². The number of alkyl halides is 3. The third-order valence-electron chi connectivity index (χ3n) is 2.68. The van der Waals surface area contributed by atoms with Gasteiger partial charge >= 0.3 is 6.18 Å². The zero-order valence-corrected chi connectivity index (χ0v) is 12.9. The summed E-state index contributed by atoms with van der Waals surface area (Å²) in [6, 6.07) is 4.41. The van der Waals surface area contributed by atoms with Gasteiger partial charge in [0, 0.05) is 20.3 Å². The van der Waals surface area contributed by atoms with Crippen molar-refractivity contribution < 1.29 is 27.5 Å². The molecule has 0 fully saturated rings. The van der Waals surface area contributed by atoms with Gasteiger partial charge in [-0.05, 0) is 43.2 Å². The monoisotopic (exact) mass is 334 g/mol. The summed E-state index contributed by atoms with van der Waals surface area (Å²) in [5.74, 6) is 0.550. The molecule has 8 heteroatoms. The van der Waals surface area contributed by atoms with Crippen molar-refractivity contribution in [3.8, 4) is 5.75 Å². The zero-order valence-electron chi connectivity index (χ0n) is 12.9. The van der Waals surface area contributed by atoms with Crippen molar-refractivity contribution in [3.63, 3.8) is 0 Å². The van der Waals surface area contributed by atoms with Gasteiger partial charge in [0.25, 0.3) is 0 Å². The molecular weight excluding hydrogens is 313 g/mol. The molecule has 0 saturated carbocycles. The van der Waals surface area contributed by atoms with Crippen LogP contribution in [-0.2, 0) is 15.8 Å². The van der Waals surface area contributed by atoms with Gasteiger partial charge in [0.15, 0.2) is 0 Å². The molecule has 0 amide bonds. The van der Waals surface area contributed by atoms with Gasteiger partial charge in [0.05, 0.1) is 12.2 Å². The van der Waals surface area contributed by atoms with Gasteiger partial charge in [-0.15, -0.1) is 0 Å². The Hall–Kier alpha value is -1.77. The Morgan fingerprint density at radius 3 is 2.48 bits per heavy atom. The molecule has 0 aliphatic heterocycles. The van der Waals surface area contributed by atoms with E-state index in [4.69, 9.17) is 20.0 Å². The van der Waals surface area contributed by atoms with E-state index in [2.05, 4.69) is 5.48 Å². The van der Waals surface area contributed by atoms with Crippen molar-refractivity contribution in [1.82, 2.24) is 5.48 Å². The summed E-state index contributed by atoms with van der Waals surface area (Å²) in [4.78, 5) is 5.07. The van der Waals surface area contributed by atoms with Crippen molar-refractivity contribution >= 4 is 0 Å². The Bertz CT molecular complexity index is 476. The van der Waals surface area contributed by atoms with Crippen molar-refractivity contribution in [2.24, 2.45) is 5.73 Å². The molecule has 5 nitrogen and oxygen atoms in total. The number of unbranched alkanes of at least 4 members (excludes halogenated alkanes) is 1. The van der Waals surface area contributed by atoms with Crippen molar-refractivity contribution in [2.45, 2.75) is 19.0 Å². The van der Waals surface area contributed by atoms with Crippen LogP contribution in [0.2, 0.25) is 0 Å². The van der Waals surface area contributed by atoms with E-state index in [1.807, 2.05) is 0 Å². The molecule has 0 aliphatic rings. The van der Waals surface area contributed by atoms with Gasteiger partial charge in [-0.25, -0.2) is 5.48 Å². The first-order valence-electron chi connectivity index (χ1n) is 7.09. The highest BCUT2D eigenvalue weighted by Gasteiger charge is 2.30. The molecule has 0 heterocycles. The minimum absolute atomic E-state index is 0.264. The summed E-state index contributed by atoms with van der Waals surface area (Å²) >= 11 is 0. The number of nitrogens with one attached hydrogen (secondary N) is 1. The number of hydrogen-bond acceptors (Lipinski definition) is 5. The second kappa shape index (κ2) is 10.1. The van der Waals surface area contributed by atoms with Crippen molar-refractivity contribution in [2.75, 3.05) is 26.9 Å². The van der Waals surface area contributed by atoms with Crippen LogP contribution in [0.25, 0.3) is 0 Å². The molecule has 0 aromatic heterocycles. The summed E-state index contributed by atoms with van der Waals surface area (Å²) < 4.78 is 48.0. The van der Waals surface area contributed by atoms with Crippen LogP contribution in [0, 0.1) is 0 Å². The van der Waals surface area contributed by atoms with Gasteiger partial charge in [0.2, 0.25) is 5.88 Å². The molecule has 0 bridgehead atoms. The average Bonchev–Trinajstić information content (AvgIpc) is 2.51. The third-order valence-corrected chi connectivity index (χ3v) is 2.68. The third kappa shape index (κ3) is 7.87. The fourth-order valence-electron chi connectivity index (χ4n) is 1.59. The lowest BCUT2D eigenvalue weighted by molar-refractivity contribution is -0.137. The van der Waals surface area contributed by atoms with Gasteiger partial charge in [-0.3, -0.25) is 4.84 Å². The topological polar surface area (TPSA) is 65.7 Å². The summed E-state index contributed by atoms with van der Waals surface area (Å²) in [7, 11) is 1.60. The minimum atomic E-state index is -4.38.